The molecule has 1 aliphatic rings. The Labute approximate surface area is 162 Å². The molecule has 0 spiro atoms. The van der Waals surface area contributed by atoms with Crippen molar-refractivity contribution in [3.05, 3.63) is 70.6 Å². The number of hydrogen-bond donors (Lipinski definition) is 0. The number of hydrogen-bond acceptors (Lipinski definition) is 4. The monoisotopic (exact) mass is 376 g/mol. The van der Waals surface area contributed by atoms with E-state index in [1.807, 2.05) is 18.2 Å². The van der Waals surface area contributed by atoms with Gasteiger partial charge in [-0.1, -0.05) is 30.3 Å². The van der Waals surface area contributed by atoms with Crippen molar-refractivity contribution in [2.24, 2.45) is 0 Å². The predicted octanol–water partition coefficient (Wildman–Crippen LogP) is 2.76. The standard InChI is InChI=1S/C22H20N2O4/c1-15(25)23-9-11-24(12-10-23)21(26)18-7-4-6-16(13-18)19-14-17-5-2-3-8-20(17)28-22(19)27/h2-8,13-14H,9-12H2,1H3. The number of carbonyl (C=O) groups is 2. The summed E-state index contributed by atoms with van der Waals surface area (Å²) in [6, 6.07) is 16.1. The van der Waals surface area contributed by atoms with Gasteiger partial charge >= 0.3 is 5.63 Å². The van der Waals surface area contributed by atoms with E-state index in [1.54, 1.807) is 46.2 Å². The molecule has 3 aromatic rings. The molecule has 6 nitrogen and oxygen atoms in total. The second-order valence-corrected chi connectivity index (χ2v) is 6.86. The highest BCUT2D eigenvalue weighted by atomic mass is 16.4. The largest absolute Gasteiger partial charge is 0.422 e. The number of fused-ring (bicyclic) bond motifs is 1. The van der Waals surface area contributed by atoms with Gasteiger partial charge in [0, 0.05) is 44.1 Å². The normalized spacial score (nSPS) is 14.3. The molecule has 1 aromatic heterocycles. The summed E-state index contributed by atoms with van der Waals surface area (Å²) in [7, 11) is 0. The van der Waals surface area contributed by atoms with Gasteiger partial charge in [-0.2, -0.15) is 0 Å². The Morgan fingerprint density at radius 3 is 2.36 bits per heavy atom. The van der Waals surface area contributed by atoms with Gasteiger partial charge in [0.2, 0.25) is 5.91 Å². The molecule has 1 aliphatic heterocycles. The van der Waals surface area contributed by atoms with E-state index in [-0.39, 0.29) is 11.8 Å². The molecular weight excluding hydrogens is 356 g/mol. The Morgan fingerprint density at radius 1 is 0.893 bits per heavy atom. The van der Waals surface area contributed by atoms with Crippen LogP contribution >= 0.6 is 0 Å². The number of amides is 2. The summed E-state index contributed by atoms with van der Waals surface area (Å²) in [4.78, 5) is 40.2. The summed E-state index contributed by atoms with van der Waals surface area (Å²) >= 11 is 0. The first kappa shape index (κ1) is 18.0. The number of benzene rings is 2. The summed E-state index contributed by atoms with van der Waals surface area (Å²) in [5.74, 6) is -0.0765. The Bertz CT molecular complexity index is 1110. The SMILES string of the molecule is CC(=O)N1CCN(C(=O)c2cccc(-c3cc4ccccc4oc3=O)c2)CC1. The first-order valence-corrected chi connectivity index (χ1v) is 9.21. The maximum Gasteiger partial charge on any atom is 0.344 e. The van der Waals surface area contributed by atoms with Crippen LogP contribution in [0.15, 0.2) is 63.8 Å². The van der Waals surface area contributed by atoms with Gasteiger partial charge < -0.3 is 14.2 Å². The molecule has 0 bridgehead atoms. The average molecular weight is 376 g/mol. The van der Waals surface area contributed by atoms with Crippen molar-refractivity contribution in [2.45, 2.75) is 6.92 Å². The van der Waals surface area contributed by atoms with Crippen molar-refractivity contribution in [3.63, 3.8) is 0 Å². The molecule has 0 saturated carbocycles. The lowest BCUT2D eigenvalue weighted by atomic mass is 10.0. The van der Waals surface area contributed by atoms with E-state index in [0.29, 0.717) is 48.5 Å². The van der Waals surface area contributed by atoms with Gasteiger partial charge in [0.05, 0.1) is 5.56 Å². The van der Waals surface area contributed by atoms with Gasteiger partial charge in [0.1, 0.15) is 5.58 Å². The van der Waals surface area contributed by atoms with Crippen LogP contribution in [0.5, 0.6) is 0 Å². The molecule has 0 radical (unpaired) electrons. The van der Waals surface area contributed by atoms with E-state index in [9.17, 15) is 14.4 Å². The number of piperazine rings is 1. The lowest BCUT2D eigenvalue weighted by Crippen LogP contribution is -2.50. The molecule has 0 atom stereocenters. The third kappa shape index (κ3) is 3.41. The van der Waals surface area contributed by atoms with Gasteiger partial charge in [0.15, 0.2) is 0 Å². The van der Waals surface area contributed by atoms with Crippen LogP contribution in [0, 0.1) is 0 Å². The fourth-order valence-electron chi connectivity index (χ4n) is 3.49. The van der Waals surface area contributed by atoms with Crippen molar-refractivity contribution < 1.29 is 14.0 Å². The molecule has 142 valence electrons. The third-order valence-corrected chi connectivity index (χ3v) is 5.07. The molecule has 0 aliphatic carbocycles. The Morgan fingerprint density at radius 2 is 1.61 bits per heavy atom. The molecule has 0 unspecified atom stereocenters. The highest BCUT2D eigenvalue weighted by molar-refractivity contribution is 5.96. The van der Waals surface area contributed by atoms with Gasteiger partial charge in [-0.05, 0) is 29.8 Å². The van der Waals surface area contributed by atoms with Crippen LogP contribution in [0.25, 0.3) is 22.1 Å². The van der Waals surface area contributed by atoms with Crippen molar-refractivity contribution in [1.29, 1.82) is 0 Å². The highest BCUT2D eigenvalue weighted by Gasteiger charge is 2.23. The molecule has 2 amide bonds. The van der Waals surface area contributed by atoms with Crippen LogP contribution in [0.4, 0.5) is 0 Å². The zero-order valence-corrected chi connectivity index (χ0v) is 15.6. The summed E-state index contributed by atoms with van der Waals surface area (Å²) in [5.41, 5.74) is 1.69. The average Bonchev–Trinajstić information content (AvgIpc) is 2.73. The van der Waals surface area contributed by atoms with Crippen molar-refractivity contribution in [1.82, 2.24) is 9.80 Å². The second kappa shape index (κ2) is 7.31. The fourth-order valence-corrected chi connectivity index (χ4v) is 3.49. The molecule has 6 heteroatoms. The Kier molecular flexibility index (Phi) is 4.69. The van der Waals surface area contributed by atoms with Crippen molar-refractivity contribution in [2.75, 3.05) is 26.2 Å². The van der Waals surface area contributed by atoms with Gasteiger partial charge in [-0.15, -0.1) is 0 Å². The fraction of sp³-hybridized carbons (Fsp3) is 0.227. The molecular formula is C22H20N2O4. The van der Waals surface area contributed by atoms with E-state index in [1.165, 1.54) is 6.92 Å². The first-order chi connectivity index (χ1) is 13.5. The zero-order chi connectivity index (χ0) is 19.7. The molecule has 4 rings (SSSR count). The maximum atomic E-state index is 12.9. The van der Waals surface area contributed by atoms with E-state index in [0.717, 1.165) is 5.39 Å². The summed E-state index contributed by atoms with van der Waals surface area (Å²) in [5, 5.41) is 0.828. The van der Waals surface area contributed by atoms with E-state index < -0.39 is 5.63 Å². The highest BCUT2D eigenvalue weighted by Crippen LogP contribution is 2.22. The van der Waals surface area contributed by atoms with Crippen molar-refractivity contribution >= 4 is 22.8 Å². The number of para-hydroxylation sites is 1. The molecule has 1 saturated heterocycles. The van der Waals surface area contributed by atoms with Gasteiger partial charge in [-0.3, -0.25) is 9.59 Å². The topological polar surface area (TPSA) is 70.8 Å². The van der Waals surface area contributed by atoms with Gasteiger partial charge in [0.25, 0.3) is 5.91 Å². The first-order valence-electron chi connectivity index (χ1n) is 9.21. The van der Waals surface area contributed by atoms with Crippen LogP contribution in [0.3, 0.4) is 0 Å². The smallest absolute Gasteiger partial charge is 0.344 e. The number of nitrogens with zero attached hydrogens (tertiary/aromatic N) is 2. The Balaban J connectivity index is 1.62. The lowest BCUT2D eigenvalue weighted by molar-refractivity contribution is -0.130. The Hall–Kier alpha value is -3.41. The number of carbonyl (C=O) groups excluding carboxylic acids is 2. The van der Waals surface area contributed by atoms with Crippen LogP contribution in [0.1, 0.15) is 17.3 Å². The molecule has 1 fully saturated rings. The summed E-state index contributed by atoms with van der Waals surface area (Å²) < 4.78 is 5.41. The van der Waals surface area contributed by atoms with E-state index in [2.05, 4.69) is 0 Å². The predicted molar refractivity (Wildman–Crippen MR) is 106 cm³/mol. The number of rotatable bonds is 2. The van der Waals surface area contributed by atoms with Crippen LogP contribution in [0.2, 0.25) is 0 Å². The van der Waals surface area contributed by atoms with Crippen LogP contribution in [-0.4, -0.2) is 47.8 Å². The molecule has 2 aromatic carbocycles. The minimum Gasteiger partial charge on any atom is -0.422 e. The summed E-state index contributed by atoms with van der Waals surface area (Å²) in [6.45, 7) is 3.61. The minimum atomic E-state index is -0.432. The second-order valence-electron chi connectivity index (χ2n) is 6.86. The lowest BCUT2D eigenvalue weighted by Gasteiger charge is -2.34. The van der Waals surface area contributed by atoms with E-state index >= 15 is 0 Å². The quantitative estimate of drug-likeness (QED) is 0.645. The maximum absolute atomic E-state index is 12.9. The summed E-state index contributed by atoms with van der Waals surface area (Å²) in [6.07, 6.45) is 0. The van der Waals surface area contributed by atoms with Crippen LogP contribution < -0.4 is 5.63 Å². The van der Waals surface area contributed by atoms with Crippen molar-refractivity contribution in [3.8, 4) is 11.1 Å². The third-order valence-electron chi connectivity index (χ3n) is 5.07. The van der Waals surface area contributed by atoms with E-state index in [4.69, 9.17) is 4.42 Å². The minimum absolute atomic E-state index is 0.0251. The van der Waals surface area contributed by atoms with Gasteiger partial charge in [-0.25, -0.2) is 4.79 Å². The molecule has 0 N–H and O–H groups in total. The zero-order valence-electron chi connectivity index (χ0n) is 15.6. The molecule has 2 heterocycles. The molecule has 28 heavy (non-hydrogen) atoms. The van der Waals surface area contributed by atoms with Crippen LogP contribution in [-0.2, 0) is 4.79 Å².